The molecule has 0 bridgehead atoms. The van der Waals surface area contributed by atoms with Gasteiger partial charge in [-0.1, -0.05) is 18.2 Å². The largest absolute Gasteiger partial charge is 0.460 e. The summed E-state index contributed by atoms with van der Waals surface area (Å²) < 4.78 is 4.80. The number of hydrogen-bond acceptors (Lipinski definition) is 2. The first-order valence-electron chi connectivity index (χ1n) is 3.71. The van der Waals surface area contributed by atoms with Crippen molar-refractivity contribution in [2.45, 2.75) is 6.92 Å². The summed E-state index contributed by atoms with van der Waals surface area (Å²) in [7, 11) is 0. The highest BCUT2D eigenvalue weighted by atomic mass is 16.5. The van der Waals surface area contributed by atoms with E-state index in [0.717, 1.165) is 5.57 Å². The number of rotatable bonds is 2. The predicted molar refractivity (Wildman–Crippen MR) is 46.5 cm³/mol. The molecule has 0 unspecified atom stereocenters. The van der Waals surface area contributed by atoms with Crippen LogP contribution in [0.4, 0.5) is 0 Å². The summed E-state index contributed by atoms with van der Waals surface area (Å²) in [5.41, 5.74) is 3.85. The molecule has 2 nitrogen and oxygen atoms in total. The molecule has 12 heavy (non-hydrogen) atoms. The Balaban J connectivity index is 2.53. The van der Waals surface area contributed by atoms with Crippen molar-refractivity contribution >= 4 is 5.97 Å². The van der Waals surface area contributed by atoms with E-state index >= 15 is 0 Å². The molecule has 0 atom stereocenters. The average Bonchev–Trinajstić information content (AvgIpc) is 2.28. The zero-order valence-corrected chi connectivity index (χ0v) is 6.91. The lowest BCUT2D eigenvalue weighted by atomic mass is 10.3. The quantitative estimate of drug-likeness (QED) is 0.457. The molecule has 1 aliphatic rings. The molecule has 0 heterocycles. The van der Waals surface area contributed by atoms with E-state index in [1.165, 1.54) is 6.92 Å². The van der Waals surface area contributed by atoms with Crippen LogP contribution in [0.3, 0.4) is 0 Å². The molecule has 0 aromatic rings. The maximum absolute atomic E-state index is 10.5. The van der Waals surface area contributed by atoms with Crippen LogP contribution in [0.5, 0.6) is 0 Å². The SMILES string of the molecule is CC(=O)OCC1=C=CC=CC=C1. The van der Waals surface area contributed by atoms with Crippen LogP contribution in [-0.2, 0) is 9.53 Å². The van der Waals surface area contributed by atoms with Gasteiger partial charge in [-0.25, -0.2) is 0 Å². The summed E-state index contributed by atoms with van der Waals surface area (Å²) in [6.07, 6.45) is 9.31. The van der Waals surface area contributed by atoms with Gasteiger partial charge in [0.05, 0.1) is 0 Å². The van der Waals surface area contributed by atoms with Crippen molar-refractivity contribution in [3.8, 4) is 0 Å². The topological polar surface area (TPSA) is 26.3 Å². The van der Waals surface area contributed by atoms with Gasteiger partial charge in [0, 0.05) is 12.5 Å². The molecule has 2 heteroatoms. The van der Waals surface area contributed by atoms with E-state index in [4.69, 9.17) is 4.74 Å². The van der Waals surface area contributed by atoms with Crippen molar-refractivity contribution in [3.63, 3.8) is 0 Å². The normalized spacial score (nSPS) is 13.9. The van der Waals surface area contributed by atoms with E-state index in [1.807, 2.05) is 24.3 Å². The lowest BCUT2D eigenvalue weighted by Gasteiger charge is -1.98. The highest BCUT2D eigenvalue weighted by molar-refractivity contribution is 5.66. The number of ether oxygens (including phenoxy) is 1. The summed E-state index contributed by atoms with van der Waals surface area (Å²) in [6.45, 7) is 1.69. The predicted octanol–water partition coefficient (Wildman–Crippen LogP) is 1.76. The molecular weight excluding hydrogens is 152 g/mol. The second-order valence-electron chi connectivity index (χ2n) is 2.36. The minimum atomic E-state index is -0.269. The number of hydrogen-bond donors (Lipinski definition) is 0. The number of esters is 1. The second kappa shape index (κ2) is 4.37. The van der Waals surface area contributed by atoms with Crippen LogP contribution < -0.4 is 0 Å². The Kier molecular flexibility index (Phi) is 3.12. The van der Waals surface area contributed by atoms with E-state index in [0.29, 0.717) is 6.61 Å². The van der Waals surface area contributed by atoms with Gasteiger partial charge < -0.3 is 4.74 Å². The van der Waals surface area contributed by atoms with Crippen molar-refractivity contribution in [2.24, 2.45) is 0 Å². The van der Waals surface area contributed by atoms with E-state index in [2.05, 4.69) is 5.73 Å². The van der Waals surface area contributed by atoms with E-state index in [1.54, 1.807) is 6.08 Å². The molecule has 0 N–H and O–H groups in total. The third kappa shape index (κ3) is 3.04. The van der Waals surface area contributed by atoms with E-state index < -0.39 is 0 Å². The highest BCUT2D eigenvalue weighted by Gasteiger charge is 1.95. The van der Waals surface area contributed by atoms with Gasteiger partial charge in [0.2, 0.25) is 0 Å². The summed E-state index contributed by atoms with van der Waals surface area (Å²) in [5, 5.41) is 0. The van der Waals surface area contributed by atoms with Crippen molar-refractivity contribution in [2.75, 3.05) is 6.61 Å². The minimum absolute atomic E-state index is 0.269. The van der Waals surface area contributed by atoms with Gasteiger partial charge in [0.1, 0.15) is 6.61 Å². The van der Waals surface area contributed by atoms with Crippen LogP contribution in [0, 0.1) is 0 Å². The molecular formula is C10H10O2. The number of carbonyl (C=O) groups is 1. The molecule has 0 saturated carbocycles. The van der Waals surface area contributed by atoms with Gasteiger partial charge in [-0.3, -0.25) is 4.79 Å². The molecule has 0 amide bonds. The molecule has 0 spiro atoms. The summed E-state index contributed by atoms with van der Waals surface area (Å²) in [6, 6.07) is 0. The molecule has 0 saturated heterocycles. The monoisotopic (exact) mass is 162 g/mol. The van der Waals surface area contributed by atoms with Crippen LogP contribution >= 0.6 is 0 Å². The maximum atomic E-state index is 10.5. The average molecular weight is 162 g/mol. The van der Waals surface area contributed by atoms with Crippen molar-refractivity contribution in [1.82, 2.24) is 0 Å². The minimum Gasteiger partial charge on any atom is -0.460 e. The molecule has 0 fully saturated rings. The van der Waals surface area contributed by atoms with Crippen LogP contribution in [0.1, 0.15) is 6.92 Å². The summed E-state index contributed by atoms with van der Waals surface area (Å²) in [4.78, 5) is 10.5. The standard InChI is InChI=1S/C10H10O2/c1-9(11)12-8-10-6-4-2-3-5-7-10/h2-6H,8H2,1H3. The Bertz CT molecular complexity index is 289. The first kappa shape index (κ1) is 8.57. The van der Waals surface area contributed by atoms with Crippen LogP contribution in [0.15, 0.2) is 41.7 Å². The third-order valence-corrected chi connectivity index (χ3v) is 1.32. The molecule has 1 aliphatic carbocycles. The van der Waals surface area contributed by atoms with Gasteiger partial charge >= 0.3 is 5.97 Å². The molecule has 0 aromatic heterocycles. The highest BCUT2D eigenvalue weighted by Crippen LogP contribution is 1.99. The van der Waals surface area contributed by atoms with Crippen molar-refractivity contribution < 1.29 is 9.53 Å². The van der Waals surface area contributed by atoms with Crippen molar-refractivity contribution in [3.05, 3.63) is 41.7 Å². The Morgan fingerprint density at radius 1 is 1.50 bits per heavy atom. The Morgan fingerprint density at radius 2 is 2.33 bits per heavy atom. The first-order valence-corrected chi connectivity index (χ1v) is 3.71. The lowest BCUT2D eigenvalue weighted by molar-refractivity contribution is -0.139. The van der Waals surface area contributed by atoms with Crippen molar-refractivity contribution in [1.29, 1.82) is 0 Å². The van der Waals surface area contributed by atoms with Crippen LogP contribution in [0.2, 0.25) is 0 Å². The molecule has 1 rings (SSSR count). The van der Waals surface area contributed by atoms with Gasteiger partial charge in [-0.05, 0) is 12.2 Å². The smallest absolute Gasteiger partial charge is 0.302 e. The fourth-order valence-corrected chi connectivity index (χ4v) is 0.764. The molecule has 0 aromatic carbocycles. The Labute approximate surface area is 71.5 Å². The van der Waals surface area contributed by atoms with Gasteiger partial charge in [0.25, 0.3) is 0 Å². The lowest BCUT2D eigenvalue weighted by Crippen LogP contribution is -2.01. The summed E-state index contributed by atoms with van der Waals surface area (Å²) >= 11 is 0. The number of allylic oxidation sites excluding steroid dienone is 3. The van der Waals surface area contributed by atoms with Crippen LogP contribution in [0.25, 0.3) is 0 Å². The second-order valence-corrected chi connectivity index (χ2v) is 2.36. The number of carbonyl (C=O) groups excluding carboxylic acids is 1. The Morgan fingerprint density at radius 3 is 3.08 bits per heavy atom. The fourth-order valence-electron chi connectivity index (χ4n) is 0.764. The van der Waals surface area contributed by atoms with E-state index in [9.17, 15) is 4.79 Å². The molecule has 0 radical (unpaired) electrons. The molecule has 62 valence electrons. The van der Waals surface area contributed by atoms with Gasteiger partial charge in [-0.2, -0.15) is 0 Å². The van der Waals surface area contributed by atoms with Gasteiger partial charge in [-0.15, -0.1) is 5.73 Å². The third-order valence-electron chi connectivity index (χ3n) is 1.32. The van der Waals surface area contributed by atoms with E-state index in [-0.39, 0.29) is 5.97 Å². The summed E-state index contributed by atoms with van der Waals surface area (Å²) in [5.74, 6) is -0.269. The molecule has 0 aliphatic heterocycles. The van der Waals surface area contributed by atoms with Crippen LogP contribution in [-0.4, -0.2) is 12.6 Å². The maximum Gasteiger partial charge on any atom is 0.302 e. The Hall–Kier alpha value is -1.53. The zero-order chi connectivity index (χ0) is 8.81. The van der Waals surface area contributed by atoms with Gasteiger partial charge in [0.15, 0.2) is 0 Å². The first-order chi connectivity index (χ1) is 5.79. The zero-order valence-electron chi connectivity index (χ0n) is 6.91. The fraction of sp³-hybridized carbons (Fsp3) is 0.200.